The van der Waals surface area contributed by atoms with E-state index in [2.05, 4.69) is 71.1 Å². The number of aromatic nitrogens is 1. The van der Waals surface area contributed by atoms with E-state index in [1.807, 2.05) is 32.9 Å². The smallest absolute Gasteiger partial charge is 0.233 e. The molecule has 4 nitrogen and oxygen atoms in total. The molecule has 0 bridgehead atoms. The first-order valence-corrected chi connectivity index (χ1v) is 12.6. The SMILES string of the molecule is CCC(c1ccc(C(C)(C)C)cc1)C1C(=O)N(C(C)(C)C)C(=O)C1[B]CC(C)c1ccncc1. The van der Waals surface area contributed by atoms with Crippen LogP contribution in [0.1, 0.15) is 90.3 Å². The van der Waals surface area contributed by atoms with Gasteiger partial charge in [-0.3, -0.25) is 19.5 Å². The standard InChI is InChI=1S/C29H40BN2O2/c1-9-23(21-10-12-22(13-11-21)28(3,4)5)24-25(27(34)32(26(24)33)29(6,7)8)30-18-19(2)20-14-16-31-17-15-20/h10-17,19,23-25H,9,18H2,1-8H3. The number of hydrogen-bond acceptors (Lipinski definition) is 3. The van der Waals surface area contributed by atoms with Gasteiger partial charge in [-0.2, -0.15) is 0 Å². The molecule has 5 heteroatoms. The Labute approximate surface area is 206 Å². The number of imide groups is 1. The van der Waals surface area contributed by atoms with E-state index in [4.69, 9.17) is 0 Å². The summed E-state index contributed by atoms with van der Waals surface area (Å²) in [5, 5.41) is 0. The Balaban J connectivity index is 1.92. The third-order valence-corrected chi connectivity index (χ3v) is 7.17. The van der Waals surface area contributed by atoms with E-state index >= 15 is 0 Å². The van der Waals surface area contributed by atoms with Gasteiger partial charge in [0, 0.05) is 29.7 Å². The summed E-state index contributed by atoms with van der Waals surface area (Å²) in [6.45, 7) is 16.7. The molecule has 4 unspecified atom stereocenters. The van der Waals surface area contributed by atoms with Crippen molar-refractivity contribution < 1.29 is 9.59 Å². The minimum Gasteiger partial charge on any atom is -0.277 e. The molecule has 1 fully saturated rings. The van der Waals surface area contributed by atoms with Crippen LogP contribution in [0.2, 0.25) is 12.1 Å². The second-order valence-corrected chi connectivity index (χ2v) is 11.8. The minimum absolute atomic E-state index is 0.00435. The third kappa shape index (κ3) is 5.45. The number of carbonyl (C=O) groups is 2. The molecule has 34 heavy (non-hydrogen) atoms. The number of carbonyl (C=O) groups excluding carboxylic acids is 2. The average Bonchev–Trinajstić information content (AvgIpc) is 3.02. The molecule has 3 rings (SSSR count). The predicted molar refractivity (Wildman–Crippen MR) is 140 cm³/mol. The van der Waals surface area contributed by atoms with Gasteiger partial charge in [0.15, 0.2) is 0 Å². The van der Waals surface area contributed by atoms with E-state index in [1.165, 1.54) is 16.0 Å². The molecule has 2 aromatic rings. The Morgan fingerprint density at radius 2 is 1.50 bits per heavy atom. The number of amides is 2. The van der Waals surface area contributed by atoms with Gasteiger partial charge in [-0.05, 0) is 73.3 Å². The van der Waals surface area contributed by atoms with E-state index in [-0.39, 0.29) is 35.0 Å². The summed E-state index contributed by atoms with van der Waals surface area (Å²) in [5.41, 5.74) is 3.13. The lowest BCUT2D eigenvalue weighted by Crippen LogP contribution is -2.46. The molecular weight excluding hydrogens is 419 g/mol. The minimum atomic E-state index is -0.542. The van der Waals surface area contributed by atoms with Crippen LogP contribution in [0, 0.1) is 5.92 Å². The van der Waals surface area contributed by atoms with E-state index in [0.717, 1.165) is 18.3 Å². The van der Waals surface area contributed by atoms with Crippen molar-refractivity contribution in [3.8, 4) is 0 Å². The van der Waals surface area contributed by atoms with E-state index in [9.17, 15) is 9.59 Å². The quantitative estimate of drug-likeness (QED) is 0.357. The highest BCUT2D eigenvalue weighted by atomic mass is 16.2. The van der Waals surface area contributed by atoms with Gasteiger partial charge < -0.3 is 0 Å². The van der Waals surface area contributed by atoms with Gasteiger partial charge in [0.25, 0.3) is 0 Å². The Morgan fingerprint density at radius 1 is 0.912 bits per heavy atom. The first-order chi connectivity index (χ1) is 15.9. The Kier molecular flexibility index (Phi) is 7.74. The molecule has 0 saturated carbocycles. The zero-order valence-corrected chi connectivity index (χ0v) is 22.1. The summed E-state index contributed by atoms with van der Waals surface area (Å²) in [7, 11) is 2.11. The molecule has 181 valence electrons. The highest BCUT2D eigenvalue weighted by molar-refractivity contribution is 6.47. The van der Waals surface area contributed by atoms with Crippen LogP contribution in [0.25, 0.3) is 0 Å². The maximum Gasteiger partial charge on any atom is 0.233 e. The maximum absolute atomic E-state index is 13.8. The average molecular weight is 459 g/mol. The van der Waals surface area contributed by atoms with E-state index < -0.39 is 11.4 Å². The van der Waals surface area contributed by atoms with Crippen molar-refractivity contribution in [1.29, 1.82) is 0 Å². The number of pyridine rings is 1. The number of benzene rings is 1. The molecular formula is C29H40BN2O2. The fraction of sp³-hybridized carbons (Fsp3) is 0.552. The van der Waals surface area contributed by atoms with Crippen LogP contribution in [-0.2, 0) is 15.0 Å². The lowest BCUT2D eigenvalue weighted by Gasteiger charge is -2.31. The van der Waals surface area contributed by atoms with Crippen molar-refractivity contribution in [2.75, 3.05) is 0 Å². The number of nitrogens with zero attached hydrogens (tertiary/aromatic N) is 2. The molecule has 1 aromatic carbocycles. The molecule has 2 heterocycles. The van der Waals surface area contributed by atoms with Gasteiger partial charge in [0.05, 0.1) is 0 Å². The molecule has 1 aliphatic heterocycles. The van der Waals surface area contributed by atoms with Gasteiger partial charge in [-0.25, -0.2) is 0 Å². The topological polar surface area (TPSA) is 50.3 Å². The van der Waals surface area contributed by atoms with Gasteiger partial charge in [-0.1, -0.05) is 65.2 Å². The molecule has 1 aromatic heterocycles. The monoisotopic (exact) mass is 459 g/mol. The van der Waals surface area contributed by atoms with Gasteiger partial charge in [-0.15, -0.1) is 0 Å². The summed E-state index contributed by atoms with van der Waals surface area (Å²) in [6.07, 6.45) is 5.14. The van der Waals surface area contributed by atoms with Crippen LogP contribution in [0.4, 0.5) is 0 Å². The number of likely N-dealkylation sites (tertiary alicyclic amines) is 1. The maximum atomic E-state index is 13.8. The molecule has 1 aliphatic rings. The summed E-state index contributed by atoms with van der Waals surface area (Å²) < 4.78 is 0. The largest absolute Gasteiger partial charge is 0.277 e. The van der Waals surface area contributed by atoms with Crippen molar-refractivity contribution in [3.63, 3.8) is 0 Å². The van der Waals surface area contributed by atoms with Crippen LogP contribution in [0.15, 0.2) is 48.8 Å². The summed E-state index contributed by atoms with van der Waals surface area (Å²) in [6, 6.07) is 12.7. The van der Waals surface area contributed by atoms with Crippen molar-refractivity contribution in [2.24, 2.45) is 5.92 Å². The van der Waals surface area contributed by atoms with E-state index in [1.54, 1.807) is 12.4 Å². The molecule has 2 amide bonds. The molecule has 1 radical (unpaired) electrons. The summed E-state index contributed by atoms with van der Waals surface area (Å²) in [5.74, 6) is -0.641. The molecule has 4 atom stereocenters. The second-order valence-electron chi connectivity index (χ2n) is 11.8. The number of hydrogen-bond donors (Lipinski definition) is 0. The lowest BCUT2D eigenvalue weighted by molar-refractivity contribution is -0.144. The van der Waals surface area contributed by atoms with Crippen LogP contribution < -0.4 is 0 Å². The zero-order valence-electron chi connectivity index (χ0n) is 22.1. The van der Waals surface area contributed by atoms with Crippen molar-refractivity contribution >= 4 is 19.1 Å². The second kappa shape index (κ2) is 10.1. The molecule has 1 saturated heterocycles. The fourth-order valence-corrected chi connectivity index (χ4v) is 5.15. The summed E-state index contributed by atoms with van der Waals surface area (Å²) >= 11 is 0. The lowest BCUT2D eigenvalue weighted by atomic mass is 9.53. The van der Waals surface area contributed by atoms with Gasteiger partial charge in [0.2, 0.25) is 11.8 Å². The van der Waals surface area contributed by atoms with Gasteiger partial charge in [0.1, 0.15) is 7.28 Å². The van der Waals surface area contributed by atoms with Crippen molar-refractivity contribution in [2.45, 2.75) is 96.7 Å². The van der Waals surface area contributed by atoms with Crippen molar-refractivity contribution in [3.05, 3.63) is 65.5 Å². The number of rotatable bonds is 7. The first-order valence-electron chi connectivity index (χ1n) is 12.6. The van der Waals surface area contributed by atoms with E-state index in [0.29, 0.717) is 0 Å². The van der Waals surface area contributed by atoms with Crippen molar-refractivity contribution in [1.82, 2.24) is 9.88 Å². The van der Waals surface area contributed by atoms with Gasteiger partial charge >= 0.3 is 0 Å². The first kappa shape index (κ1) is 26.2. The summed E-state index contributed by atoms with van der Waals surface area (Å²) in [4.78, 5) is 33.0. The normalized spacial score (nSPS) is 21.0. The third-order valence-electron chi connectivity index (χ3n) is 7.17. The van der Waals surface area contributed by atoms with Crippen LogP contribution in [-0.4, -0.2) is 34.5 Å². The highest BCUT2D eigenvalue weighted by Crippen LogP contribution is 2.45. The Bertz CT molecular complexity index is 990. The molecule has 0 N–H and O–H groups in total. The van der Waals surface area contributed by atoms with Crippen LogP contribution in [0.5, 0.6) is 0 Å². The molecule has 0 aliphatic carbocycles. The Morgan fingerprint density at radius 3 is 2.00 bits per heavy atom. The fourth-order valence-electron chi connectivity index (χ4n) is 5.15. The highest BCUT2D eigenvalue weighted by Gasteiger charge is 2.53. The van der Waals surface area contributed by atoms with Crippen LogP contribution >= 0.6 is 0 Å². The zero-order chi connectivity index (χ0) is 25.3. The Hall–Kier alpha value is -2.43. The van der Waals surface area contributed by atoms with Crippen LogP contribution in [0.3, 0.4) is 0 Å². The predicted octanol–water partition coefficient (Wildman–Crippen LogP) is 6.37. The molecule has 0 spiro atoms.